The van der Waals surface area contributed by atoms with Gasteiger partial charge in [0.15, 0.2) is 0 Å². The van der Waals surface area contributed by atoms with Crippen LogP contribution < -0.4 is 10.6 Å². The molecule has 0 aromatic rings. The van der Waals surface area contributed by atoms with Gasteiger partial charge in [-0.25, -0.2) is 0 Å². The summed E-state index contributed by atoms with van der Waals surface area (Å²) in [5, 5.41) is 5.75. The molecule has 0 unspecified atom stereocenters. The average molecular weight is 162 g/mol. The van der Waals surface area contributed by atoms with Gasteiger partial charge in [0.25, 0.3) is 0 Å². The Morgan fingerprint density at radius 2 is 2.17 bits per heavy atom. The summed E-state index contributed by atoms with van der Waals surface area (Å²) in [6.07, 6.45) is 10.6. The van der Waals surface area contributed by atoms with Crippen molar-refractivity contribution in [3.63, 3.8) is 0 Å². The number of nitrogens with one attached hydrogen (secondary N) is 2. The quantitative estimate of drug-likeness (QED) is 0.370. The van der Waals surface area contributed by atoms with Gasteiger partial charge in [0.05, 0.1) is 11.4 Å². The van der Waals surface area contributed by atoms with Crippen molar-refractivity contribution in [3.8, 4) is 12.5 Å². The molecule has 2 N–H and O–H groups in total. The van der Waals surface area contributed by atoms with Crippen molar-refractivity contribution in [2.75, 3.05) is 7.05 Å². The molecule has 0 aliphatic heterocycles. The van der Waals surface area contributed by atoms with E-state index < -0.39 is 0 Å². The molecule has 12 heavy (non-hydrogen) atoms. The van der Waals surface area contributed by atoms with Crippen molar-refractivity contribution >= 4 is 0 Å². The monoisotopic (exact) mass is 162 g/mol. The van der Waals surface area contributed by atoms with Gasteiger partial charge in [-0.3, -0.25) is 0 Å². The maximum Gasteiger partial charge on any atom is 0.0685 e. The second-order valence-corrected chi connectivity index (χ2v) is 2.05. The third kappa shape index (κ3) is 2.98. The summed E-state index contributed by atoms with van der Waals surface area (Å²) in [5.41, 5.74) is 1.73. The third-order valence-corrected chi connectivity index (χ3v) is 1.30. The summed E-state index contributed by atoms with van der Waals surface area (Å²) >= 11 is 0. The number of terminal acetylenes is 1. The van der Waals surface area contributed by atoms with E-state index in [9.17, 15) is 0 Å². The van der Waals surface area contributed by atoms with Crippen LogP contribution in [0.4, 0.5) is 0 Å². The molecule has 0 saturated carbocycles. The lowest BCUT2D eigenvalue weighted by Crippen LogP contribution is -2.13. The Labute approximate surface area is 74.1 Å². The zero-order valence-corrected chi connectivity index (χ0v) is 7.52. The highest BCUT2D eigenvalue weighted by Crippen LogP contribution is 1.99. The molecule has 2 heteroatoms. The zero-order chi connectivity index (χ0) is 9.40. The Morgan fingerprint density at radius 3 is 2.50 bits per heavy atom. The summed E-state index contributed by atoms with van der Waals surface area (Å²) in [4.78, 5) is 0. The van der Waals surface area contributed by atoms with Gasteiger partial charge >= 0.3 is 0 Å². The Bertz CT molecular complexity index is 241. The first-order valence-corrected chi connectivity index (χ1v) is 3.68. The molecule has 0 spiro atoms. The van der Waals surface area contributed by atoms with Crippen LogP contribution in [0.5, 0.6) is 0 Å². The van der Waals surface area contributed by atoms with E-state index in [-0.39, 0.29) is 0 Å². The van der Waals surface area contributed by atoms with E-state index in [1.807, 2.05) is 26.1 Å². The average Bonchev–Trinajstić information content (AvgIpc) is 2.11. The van der Waals surface area contributed by atoms with E-state index >= 15 is 0 Å². The summed E-state index contributed by atoms with van der Waals surface area (Å²) < 4.78 is 0. The maximum absolute atomic E-state index is 5.10. The highest BCUT2D eigenvalue weighted by atomic mass is 14.9. The number of allylic oxidation sites excluding steroid dienone is 3. The SMILES string of the molecule is C#CN/C(C=C)=C(/C=C\C)NC. The van der Waals surface area contributed by atoms with E-state index in [0.29, 0.717) is 0 Å². The molecule has 2 nitrogen and oxygen atoms in total. The highest BCUT2D eigenvalue weighted by Gasteiger charge is 1.94. The molecule has 64 valence electrons. The topological polar surface area (TPSA) is 24.1 Å². The van der Waals surface area contributed by atoms with Gasteiger partial charge in [-0.05, 0) is 19.1 Å². The van der Waals surface area contributed by atoms with Crippen molar-refractivity contribution in [3.05, 3.63) is 36.2 Å². The van der Waals surface area contributed by atoms with Crippen LogP contribution >= 0.6 is 0 Å². The van der Waals surface area contributed by atoms with Gasteiger partial charge in [-0.15, -0.1) is 0 Å². The molecular formula is C10H14N2. The van der Waals surface area contributed by atoms with Crippen molar-refractivity contribution in [2.45, 2.75) is 6.92 Å². The summed E-state index contributed by atoms with van der Waals surface area (Å²) in [5.74, 6) is 0. The second kappa shape index (κ2) is 6.11. The predicted molar refractivity (Wildman–Crippen MR) is 53.1 cm³/mol. The third-order valence-electron chi connectivity index (χ3n) is 1.30. The fourth-order valence-corrected chi connectivity index (χ4v) is 0.781. The smallest absolute Gasteiger partial charge is 0.0685 e. The first kappa shape index (κ1) is 10.4. The van der Waals surface area contributed by atoms with E-state index in [2.05, 4.69) is 23.3 Å². The normalized spacial score (nSPS) is 11.8. The minimum Gasteiger partial charge on any atom is -0.386 e. The lowest BCUT2D eigenvalue weighted by Gasteiger charge is -2.06. The Hall–Kier alpha value is -1.62. The summed E-state index contributed by atoms with van der Waals surface area (Å²) in [6, 6.07) is 2.34. The Morgan fingerprint density at radius 1 is 1.50 bits per heavy atom. The van der Waals surface area contributed by atoms with Crippen molar-refractivity contribution in [2.24, 2.45) is 0 Å². The van der Waals surface area contributed by atoms with Crippen LogP contribution in [0.1, 0.15) is 6.92 Å². The highest BCUT2D eigenvalue weighted by molar-refractivity contribution is 5.31. The first-order valence-electron chi connectivity index (χ1n) is 3.68. The molecule has 0 rings (SSSR count). The van der Waals surface area contributed by atoms with Crippen molar-refractivity contribution in [1.82, 2.24) is 10.6 Å². The Kier molecular flexibility index (Phi) is 5.29. The van der Waals surface area contributed by atoms with Crippen LogP contribution in [0.15, 0.2) is 36.2 Å². The molecule has 0 heterocycles. The summed E-state index contributed by atoms with van der Waals surface area (Å²) in [6.45, 7) is 5.58. The second-order valence-electron chi connectivity index (χ2n) is 2.05. The van der Waals surface area contributed by atoms with Crippen molar-refractivity contribution < 1.29 is 0 Å². The molecule has 0 saturated heterocycles. The largest absolute Gasteiger partial charge is 0.386 e. The van der Waals surface area contributed by atoms with E-state index in [1.54, 1.807) is 6.08 Å². The van der Waals surface area contributed by atoms with E-state index in [0.717, 1.165) is 11.4 Å². The number of rotatable bonds is 4. The van der Waals surface area contributed by atoms with Crippen LogP contribution in [0.25, 0.3) is 0 Å². The minimum absolute atomic E-state index is 0.804. The van der Waals surface area contributed by atoms with Crippen LogP contribution in [0.2, 0.25) is 0 Å². The van der Waals surface area contributed by atoms with Gasteiger partial charge in [0.2, 0.25) is 0 Å². The lowest BCUT2D eigenvalue weighted by molar-refractivity contribution is 0.973. The van der Waals surface area contributed by atoms with Crippen LogP contribution in [-0.2, 0) is 0 Å². The van der Waals surface area contributed by atoms with Crippen LogP contribution in [0.3, 0.4) is 0 Å². The van der Waals surface area contributed by atoms with Crippen LogP contribution in [-0.4, -0.2) is 7.05 Å². The molecular weight excluding hydrogens is 148 g/mol. The molecule has 0 aliphatic carbocycles. The minimum atomic E-state index is 0.804. The predicted octanol–water partition coefficient (Wildman–Crippen LogP) is 1.36. The zero-order valence-electron chi connectivity index (χ0n) is 7.52. The standard InChI is InChI=1S/C10H14N2/c1-5-8-10(11-4)9(6-2)12-7-3/h3,5-6,8,11-12H,2H2,1,4H3/b8-5-,10-9-. The van der Waals surface area contributed by atoms with Gasteiger partial charge in [0, 0.05) is 13.1 Å². The molecule has 0 atom stereocenters. The molecule has 0 fully saturated rings. The van der Waals surface area contributed by atoms with Gasteiger partial charge in [0.1, 0.15) is 0 Å². The number of likely N-dealkylation sites (N-methyl/N-ethyl adjacent to an activating group) is 1. The molecule has 0 radical (unpaired) electrons. The fraction of sp³-hybridized carbons (Fsp3) is 0.200. The molecule has 0 bridgehead atoms. The van der Waals surface area contributed by atoms with E-state index in [1.165, 1.54) is 0 Å². The maximum atomic E-state index is 5.10. The van der Waals surface area contributed by atoms with Gasteiger partial charge in [-0.1, -0.05) is 19.1 Å². The van der Waals surface area contributed by atoms with E-state index in [4.69, 9.17) is 6.42 Å². The number of hydrogen-bond acceptors (Lipinski definition) is 2. The summed E-state index contributed by atoms with van der Waals surface area (Å²) in [7, 11) is 1.83. The lowest BCUT2D eigenvalue weighted by atomic mass is 10.3. The Balaban J connectivity index is 4.75. The van der Waals surface area contributed by atoms with Crippen LogP contribution in [0, 0.1) is 12.5 Å². The number of hydrogen-bond donors (Lipinski definition) is 2. The van der Waals surface area contributed by atoms with Crippen molar-refractivity contribution in [1.29, 1.82) is 0 Å². The molecule has 0 aromatic heterocycles. The molecule has 0 aromatic carbocycles. The van der Waals surface area contributed by atoms with Gasteiger partial charge in [-0.2, -0.15) is 0 Å². The molecule has 0 amide bonds. The van der Waals surface area contributed by atoms with Gasteiger partial charge < -0.3 is 10.6 Å². The molecule has 0 aliphatic rings. The first-order chi connectivity index (χ1) is 5.79. The fourth-order valence-electron chi connectivity index (χ4n) is 0.781.